The number of alkyl carbamates (subject to hydrolysis) is 1. The van der Waals surface area contributed by atoms with E-state index in [1.807, 2.05) is 31.2 Å². The lowest BCUT2D eigenvalue weighted by Gasteiger charge is -2.19. The molecule has 0 bridgehead atoms. The van der Waals surface area contributed by atoms with E-state index in [2.05, 4.69) is 39.9 Å². The van der Waals surface area contributed by atoms with Crippen molar-refractivity contribution in [3.8, 4) is 11.1 Å². The number of carboxylic acid groups (broad SMARTS) is 1. The molecule has 0 unspecified atom stereocenters. The summed E-state index contributed by atoms with van der Waals surface area (Å²) in [4.78, 5) is 39.8. The molecule has 2 aromatic carbocycles. The average Bonchev–Trinajstić information content (AvgIpc) is 3.17. The molecule has 180 valence electrons. The molecule has 1 aliphatic carbocycles. The SMILES string of the molecule is CCC[C@@H](CC(=O)Nc1ccc(C(=O)O)nc1)NC(=O)OCC1c2ccccc2-c2ccccc21. The standard InChI is InChI=1S/C27H27N3O5/c1-2-7-17(14-25(31)29-18-12-13-24(26(32)33)28-15-18)30-27(34)35-16-23-21-10-5-3-8-19(21)20-9-4-6-11-22(20)23/h3-6,8-13,15,17,23H,2,7,14,16H2,1H3,(H,29,31)(H,30,34)(H,32,33)/t17-/m0/s1. The first-order chi connectivity index (χ1) is 17.0. The number of hydrogen-bond donors (Lipinski definition) is 3. The van der Waals surface area contributed by atoms with E-state index in [0.29, 0.717) is 12.1 Å². The van der Waals surface area contributed by atoms with E-state index in [0.717, 1.165) is 28.7 Å². The molecule has 1 heterocycles. The smallest absolute Gasteiger partial charge is 0.407 e. The van der Waals surface area contributed by atoms with Gasteiger partial charge in [-0.15, -0.1) is 0 Å². The molecule has 0 saturated heterocycles. The Morgan fingerprint density at radius 1 is 1.00 bits per heavy atom. The quantitative estimate of drug-likeness (QED) is 0.410. The van der Waals surface area contributed by atoms with Crippen LogP contribution in [0.15, 0.2) is 66.9 Å². The summed E-state index contributed by atoms with van der Waals surface area (Å²) in [7, 11) is 0. The van der Waals surface area contributed by atoms with E-state index in [1.165, 1.54) is 18.3 Å². The lowest BCUT2D eigenvalue weighted by molar-refractivity contribution is -0.116. The number of ether oxygens (including phenoxy) is 1. The zero-order chi connectivity index (χ0) is 24.8. The summed E-state index contributed by atoms with van der Waals surface area (Å²) in [5.74, 6) is -1.49. The summed E-state index contributed by atoms with van der Waals surface area (Å²) < 4.78 is 5.60. The second-order valence-corrected chi connectivity index (χ2v) is 8.45. The monoisotopic (exact) mass is 473 g/mol. The maximum atomic E-state index is 12.6. The molecule has 0 saturated carbocycles. The number of aromatic carboxylic acids is 1. The highest BCUT2D eigenvalue weighted by molar-refractivity contribution is 5.92. The topological polar surface area (TPSA) is 118 Å². The molecular weight excluding hydrogens is 446 g/mol. The lowest BCUT2D eigenvalue weighted by Crippen LogP contribution is -2.38. The second-order valence-electron chi connectivity index (χ2n) is 8.45. The number of fused-ring (bicyclic) bond motifs is 3. The van der Waals surface area contributed by atoms with Gasteiger partial charge in [0.25, 0.3) is 0 Å². The van der Waals surface area contributed by atoms with Crippen molar-refractivity contribution in [1.29, 1.82) is 0 Å². The van der Waals surface area contributed by atoms with Crippen molar-refractivity contribution < 1.29 is 24.2 Å². The zero-order valence-corrected chi connectivity index (χ0v) is 19.4. The van der Waals surface area contributed by atoms with E-state index >= 15 is 0 Å². The molecule has 1 atom stereocenters. The summed E-state index contributed by atoms with van der Waals surface area (Å²) in [6.07, 6.45) is 2.16. The number of carboxylic acids is 1. The first-order valence-corrected chi connectivity index (χ1v) is 11.6. The number of pyridine rings is 1. The molecule has 8 heteroatoms. The van der Waals surface area contributed by atoms with Gasteiger partial charge in [-0.3, -0.25) is 4.79 Å². The number of anilines is 1. The predicted molar refractivity (Wildman–Crippen MR) is 131 cm³/mol. The highest BCUT2D eigenvalue weighted by Gasteiger charge is 2.29. The van der Waals surface area contributed by atoms with E-state index in [1.54, 1.807) is 0 Å². The molecule has 35 heavy (non-hydrogen) atoms. The fourth-order valence-corrected chi connectivity index (χ4v) is 4.41. The van der Waals surface area contributed by atoms with Gasteiger partial charge < -0.3 is 20.5 Å². The van der Waals surface area contributed by atoms with Crippen molar-refractivity contribution in [1.82, 2.24) is 10.3 Å². The number of benzene rings is 2. The Balaban J connectivity index is 1.33. The van der Waals surface area contributed by atoms with Crippen molar-refractivity contribution in [3.63, 3.8) is 0 Å². The van der Waals surface area contributed by atoms with Gasteiger partial charge in [0.05, 0.1) is 11.9 Å². The fourth-order valence-electron chi connectivity index (χ4n) is 4.41. The minimum absolute atomic E-state index is 0.0395. The molecule has 3 N–H and O–H groups in total. The number of rotatable bonds is 9. The molecule has 8 nitrogen and oxygen atoms in total. The molecule has 1 aromatic heterocycles. The van der Waals surface area contributed by atoms with Crippen LogP contribution in [-0.4, -0.2) is 40.7 Å². The first kappa shape index (κ1) is 23.9. The van der Waals surface area contributed by atoms with Crippen molar-refractivity contribution in [3.05, 3.63) is 83.7 Å². The van der Waals surface area contributed by atoms with Gasteiger partial charge in [0, 0.05) is 18.4 Å². The van der Waals surface area contributed by atoms with Crippen molar-refractivity contribution in [2.45, 2.75) is 38.1 Å². The second kappa shape index (κ2) is 10.8. The normalized spacial score (nSPS) is 12.8. The van der Waals surface area contributed by atoms with Crippen molar-refractivity contribution in [2.24, 2.45) is 0 Å². The number of hydrogen-bond acceptors (Lipinski definition) is 5. The first-order valence-electron chi connectivity index (χ1n) is 11.6. The van der Waals surface area contributed by atoms with Gasteiger partial charge in [-0.2, -0.15) is 0 Å². The highest BCUT2D eigenvalue weighted by Crippen LogP contribution is 2.44. The molecular formula is C27H27N3O5. The molecule has 0 aliphatic heterocycles. The molecule has 2 amide bonds. The van der Waals surface area contributed by atoms with Gasteiger partial charge >= 0.3 is 12.1 Å². The van der Waals surface area contributed by atoms with Gasteiger partial charge in [0.1, 0.15) is 12.3 Å². The third-order valence-electron chi connectivity index (χ3n) is 6.00. The summed E-state index contributed by atoms with van der Waals surface area (Å²) >= 11 is 0. The summed E-state index contributed by atoms with van der Waals surface area (Å²) in [5, 5.41) is 14.4. The Bertz CT molecular complexity index is 1180. The van der Waals surface area contributed by atoms with Crippen LogP contribution in [0.5, 0.6) is 0 Å². The third kappa shape index (κ3) is 5.66. The summed E-state index contributed by atoms with van der Waals surface area (Å²) in [5.41, 5.74) is 4.86. The number of carbonyl (C=O) groups is 3. The Morgan fingerprint density at radius 3 is 2.23 bits per heavy atom. The zero-order valence-electron chi connectivity index (χ0n) is 19.4. The maximum absolute atomic E-state index is 12.6. The Labute approximate surface area is 203 Å². The van der Waals surface area contributed by atoms with E-state index < -0.39 is 18.1 Å². The van der Waals surface area contributed by atoms with Crippen molar-refractivity contribution >= 4 is 23.7 Å². The minimum Gasteiger partial charge on any atom is -0.477 e. The van der Waals surface area contributed by atoms with E-state index in [-0.39, 0.29) is 30.5 Å². The third-order valence-corrected chi connectivity index (χ3v) is 6.00. The van der Waals surface area contributed by atoms with Crippen LogP contribution in [-0.2, 0) is 9.53 Å². The molecule has 1 aliphatic rings. The van der Waals surface area contributed by atoms with Crippen LogP contribution < -0.4 is 10.6 Å². The summed E-state index contributed by atoms with van der Waals surface area (Å²) in [6.45, 7) is 2.17. The van der Waals surface area contributed by atoms with E-state index in [9.17, 15) is 14.4 Å². The lowest BCUT2D eigenvalue weighted by atomic mass is 9.98. The maximum Gasteiger partial charge on any atom is 0.407 e. The van der Waals surface area contributed by atoms with Gasteiger partial charge in [0.2, 0.25) is 5.91 Å². The number of nitrogens with zero attached hydrogens (tertiary/aromatic N) is 1. The average molecular weight is 474 g/mol. The van der Waals surface area contributed by atoms with Gasteiger partial charge in [0.15, 0.2) is 0 Å². The Hall–Kier alpha value is -4.20. The highest BCUT2D eigenvalue weighted by atomic mass is 16.5. The summed E-state index contributed by atoms with van der Waals surface area (Å²) in [6, 6.07) is 18.6. The Morgan fingerprint density at radius 2 is 1.66 bits per heavy atom. The van der Waals surface area contributed by atoms with Crippen molar-refractivity contribution in [2.75, 3.05) is 11.9 Å². The molecule has 0 radical (unpaired) electrons. The molecule has 0 fully saturated rings. The van der Waals surface area contributed by atoms with Crippen LogP contribution >= 0.6 is 0 Å². The van der Waals surface area contributed by atoms with Gasteiger partial charge in [-0.25, -0.2) is 14.6 Å². The van der Waals surface area contributed by atoms with Crippen LogP contribution in [0, 0.1) is 0 Å². The predicted octanol–water partition coefficient (Wildman–Crippen LogP) is 4.82. The van der Waals surface area contributed by atoms with Crippen LogP contribution in [0.1, 0.15) is 53.7 Å². The number of carbonyl (C=O) groups excluding carboxylic acids is 2. The molecule has 4 rings (SSSR count). The molecule has 3 aromatic rings. The van der Waals surface area contributed by atoms with E-state index in [4.69, 9.17) is 9.84 Å². The van der Waals surface area contributed by atoms with Crippen LogP contribution in [0.4, 0.5) is 10.5 Å². The van der Waals surface area contributed by atoms with Crippen LogP contribution in [0.25, 0.3) is 11.1 Å². The molecule has 0 spiro atoms. The fraction of sp³-hybridized carbons (Fsp3) is 0.259. The largest absolute Gasteiger partial charge is 0.477 e. The van der Waals surface area contributed by atoms with Gasteiger partial charge in [-0.1, -0.05) is 61.9 Å². The van der Waals surface area contributed by atoms with Gasteiger partial charge in [-0.05, 0) is 40.8 Å². The number of aromatic nitrogens is 1. The van der Waals surface area contributed by atoms with Crippen LogP contribution in [0.2, 0.25) is 0 Å². The van der Waals surface area contributed by atoms with Crippen LogP contribution in [0.3, 0.4) is 0 Å². The number of amides is 2. The minimum atomic E-state index is -1.14. The number of nitrogens with one attached hydrogen (secondary N) is 2. The Kier molecular flexibility index (Phi) is 7.40.